The van der Waals surface area contributed by atoms with E-state index in [1.54, 1.807) is 11.1 Å². The van der Waals surface area contributed by atoms with E-state index < -0.39 is 0 Å². The molecule has 0 unspecified atom stereocenters. The van der Waals surface area contributed by atoms with Gasteiger partial charge in [0.2, 0.25) is 0 Å². The molecule has 0 amide bonds. The van der Waals surface area contributed by atoms with Crippen LogP contribution in [0, 0.1) is 6.92 Å². The monoisotopic (exact) mass is 434 g/mol. The Morgan fingerprint density at radius 2 is 1.61 bits per heavy atom. The molecule has 7 rings (SSSR count). The van der Waals surface area contributed by atoms with Crippen LogP contribution in [0.3, 0.4) is 0 Å². The molecule has 0 aliphatic heterocycles. The van der Waals surface area contributed by atoms with Crippen LogP contribution in [0.1, 0.15) is 79.9 Å². The molecule has 3 nitrogen and oxygen atoms in total. The van der Waals surface area contributed by atoms with Crippen LogP contribution in [0.15, 0.2) is 48.7 Å². The molecule has 0 saturated heterocycles. The maximum absolute atomic E-state index is 5.00. The molecule has 3 heteroatoms. The standard InChI is InChI=1S/C30H32N3/c1-19-17-18-31-28-23-16-15-22(20-9-3-4-10-20)27(21-11-5-6-12-21)29(23)33-25-14-8-7-13-24(25)32(2)30(33)26(19)28/h7-8,13-18,20-21H,3-6,9-12H2,1-2H3/q+1. The summed E-state index contributed by atoms with van der Waals surface area (Å²) in [5.74, 6) is 1.39. The second-order valence-electron chi connectivity index (χ2n) is 10.5. The first kappa shape index (κ1) is 19.5. The van der Waals surface area contributed by atoms with Crippen LogP contribution in [-0.2, 0) is 7.05 Å². The average Bonchev–Trinajstić information content (AvgIpc) is 3.61. The highest BCUT2D eigenvalue weighted by molar-refractivity contribution is 6.12. The van der Waals surface area contributed by atoms with Gasteiger partial charge in [0.15, 0.2) is 11.0 Å². The number of fused-ring (bicyclic) bond motifs is 8. The molecule has 2 aliphatic carbocycles. The zero-order chi connectivity index (χ0) is 22.1. The fraction of sp³-hybridized carbons (Fsp3) is 0.400. The van der Waals surface area contributed by atoms with Gasteiger partial charge < -0.3 is 0 Å². The number of hydrogen-bond donors (Lipinski definition) is 0. The highest BCUT2D eigenvalue weighted by atomic mass is 15.1. The van der Waals surface area contributed by atoms with Crippen molar-refractivity contribution in [3.8, 4) is 0 Å². The van der Waals surface area contributed by atoms with Crippen molar-refractivity contribution >= 4 is 38.5 Å². The van der Waals surface area contributed by atoms with E-state index in [9.17, 15) is 0 Å². The van der Waals surface area contributed by atoms with E-state index in [0.29, 0.717) is 5.92 Å². The molecule has 0 bridgehead atoms. The Morgan fingerprint density at radius 1 is 0.879 bits per heavy atom. The van der Waals surface area contributed by atoms with E-state index in [1.165, 1.54) is 89.9 Å². The van der Waals surface area contributed by atoms with Gasteiger partial charge in [-0.2, -0.15) is 4.40 Å². The lowest BCUT2D eigenvalue weighted by atomic mass is 9.83. The van der Waals surface area contributed by atoms with E-state index in [1.807, 2.05) is 6.20 Å². The number of para-hydroxylation sites is 2. The van der Waals surface area contributed by atoms with Crippen molar-refractivity contribution < 1.29 is 4.57 Å². The largest absolute Gasteiger partial charge is 0.297 e. The maximum atomic E-state index is 5.00. The predicted molar refractivity (Wildman–Crippen MR) is 136 cm³/mol. The fourth-order valence-corrected chi connectivity index (χ4v) is 7.16. The highest BCUT2D eigenvalue weighted by Gasteiger charge is 2.33. The van der Waals surface area contributed by atoms with Crippen molar-refractivity contribution in [1.29, 1.82) is 0 Å². The number of benzene rings is 2. The Labute approximate surface area is 195 Å². The van der Waals surface area contributed by atoms with Crippen molar-refractivity contribution in [1.82, 2.24) is 9.38 Å². The molecule has 166 valence electrons. The van der Waals surface area contributed by atoms with Gasteiger partial charge in [-0.25, -0.2) is 4.57 Å². The summed E-state index contributed by atoms with van der Waals surface area (Å²) in [6.45, 7) is 2.23. The molecule has 0 spiro atoms. The normalized spacial score (nSPS) is 18.0. The third kappa shape index (κ3) is 2.68. The number of aromatic nitrogens is 3. The van der Waals surface area contributed by atoms with Gasteiger partial charge >= 0.3 is 0 Å². The number of nitrogens with zero attached hydrogens (tertiary/aromatic N) is 3. The van der Waals surface area contributed by atoms with Gasteiger partial charge in [-0.1, -0.05) is 43.9 Å². The van der Waals surface area contributed by atoms with Gasteiger partial charge in [0.25, 0.3) is 5.65 Å². The number of rotatable bonds is 2. The number of hydrogen-bond acceptors (Lipinski definition) is 1. The topological polar surface area (TPSA) is 21.2 Å². The minimum Gasteiger partial charge on any atom is -0.255 e. The Kier molecular flexibility index (Phi) is 4.31. The quantitative estimate of drug-likeness (QED) is 0.212. The van der Waals surface area contributed by atoms with Crippen molar-refractivity contribution in [2.45, 2.75) is 70.1 Å². The molecule has 3 heterocycles. The van der Waals surface area contributed by atoms with Crippen molar-refractivity contribution in [2.24, 2.45) is 7.05 Å². The van der Waals surface area contributed by atoms with Gasteiger partial charge in [-0.05, 0) is 79.8 Å². The Hall–Kier alpha value is -2.94. The second kappa shape index (κ2) is 7.28. The van der Waals surface area contributed by atoms with E-state index >= 15 is 0 Å². The van der Waals surface area contributed by atoms with Crippen LogP contribution in [0.5, 0.6) is 0 Å². The van der Waals surface area contributed by atoms with Gasteiger partial charge in [0.05, 0.1) is 18.0 Å². The third-order valence-electron chi connectivity index (χ3n) is 8.68. The summed E-state index contributed by atoms with van der Waals surface area (Å²) in [4.78, 5) is 5.00. The first-order valence-electron chi connectivity index (χ1n) is 12.9. The zero-order valence-corrected chi connectivity index (χ0v) is 19.8. The molecule has 33 heavy (non-hydrogen) atoms. The van der Waals surface area contributed by atoms with E-state index in [-0.39, 0.29) is 0 Å². The first-order chi connectivity index (χ1) is 16.2. The molecular weight excluding hydrogens is 402 g/mol. The smallest absolute Gasteiger partial charge is 0.255 e. The zero-order valence-electron chi connectivity index (χ0n) is 19.8. The lowest BCUT2D eigenvalue weighted by molar-refractivity contribution is -0.617. The molecule has 2 aromatic carbocycles. The Balaban J connectivity index is 1.77. The van der Waals surface area contributed by atoms with E-state index in [0.717, 1.165) is 11.4 Å². The molecule has 2 saturated carbocycles. The summed E-state index contributed by atoms with van der Waals surface area (Å²) in [6.07, 6.45) is 12.8. The third-order valence-corrected chi connectivity index (χ3v) is 8.68. The first-order valence-corrected chi connectivity index (χ1v) is 12.9. The predicted octanol–water partition coefficient (Wildman–Crippen LogP) is 7.24. The van der Waals surface area contributed by atoms with Crippen LogP contribution in [0.25, 0.3) is 38.5 Å². The van der Waals surface area contributed by atoms with E-state index in [4.69, 9.17) is 4.98 Å². The average molecular weight is 435 g/mol. The van der Waals surface area contributed by atoms with Crippen LogP contribution in [0.4, 0.5) is 0 Å². The summed E-state index contributed by atoms with van der Waals surface area (Å²) < 4.78 is 5.00. The second-order valence-corrected chi connectivity index (χ2v) is 10.5. The van der Waals surface area contributed by atoms with Crippen molar-refractivity contribution in [3.63, 3.8) is 0 Å². The maximum Gasteiger partial charge on any atom is 0.297 e. The Morgan fingerprint density at radius 3 is 2.39 bits per heavy atom. The minimum absolute atomic E-state index is 0.668. The van der Waals surface area contributed by atoms with Crippen molar-refractivity contribution in [3.05, 3.63) is 65.4 Å². The van der Waals surface area contributed by atoms with Gasteiger partial charge in [-0.3, -0.25) is 4.98 Å². The summed E-state index contributed by atoms with van der Waals surface area (Å²) in [5, 5.41) is 2.61. The van der Waals surface area contributed by atoms with Crippen molar-refractivity contribution in [2.75, 3.05) is 0 Å². The van der Waals surface area contributed by atoms with Gasteiger partial charge in [0, 0.05) is 17.1 Å². The van der Waals surface area contributed by atoms with Crippen LogP contribution in [0.2, 0.25) is 0 Å². The van der Waals surface area contributed by atoms with Crippen LogP contribution in [-0.4, -0.2) is 9.38 Å². The molecule has 2 fully saturated rings. The molecule has 3 aromatic heterocycles. The SMILES string of the molecule is Cc1ccnc2c3ccc(C4CCCC4)c(C4CCCC4)c3n3c4ccccc4[n+](C)c3c12. The molecule has 0 atom stereocenters. The number of imidazole rings is 1. The Bertz CT molecular complexity index is 1550. The van der Waals surface area contributed by atoms with Crippen LogP contribution < -0.4 is 4.57 Å². The molecular formula is C30H32N3+. The number of aryl methyl sites for hydroxylation is 2. The van der Waals surface area contributed by atoms with E-state index in [2.05, 4.69) is 65.4 Å². The lowest BCUT2D eigenvalue weighted by Crippen LogP contribution is -2.27. The summed E-state index contributed by atoms with van der Waals surface area (Å²) in [7, 11) is 2.23. The molecule has 5 aromatic rings. The van der Waals surface area contributed by atoms with Gasteiger partial charge in [-0.15, -0.1) is 0 Å². The van der Waals surface area contributed by atoms with Gasteiger partial charge in [0.1, 0.15) is 5.52 Å². The minimum atomic E-state index is 0.668. The van der Waals surface area contributed by atoms with Crippen LogP contribution >= 0.6 is 0 Å². The fourth-order valence-electron chi connectivity index (χ4n) is 7.16. The summed E-state index contributed by atoms with van der Waals surface area (Å²) >= 11 is 0. The summed E-state index contributed by atoms with van der Waals surface area (Å²) in [6, 6.07) is 16.0. The molecule has 0 radical (unpaired) electrons. The molecule has 2 aliphatic rings. The summed E-state index contributed by atoms with van der Waals surface area (Å²) in [5.41, 5.74) is 11.1. The lowest BCUT2D eigenvalue weighted by Gasteiger charge is -2.22. The highest BCUT2D eigenvalue weighted by Crippen LogP contribution is 2.47. The number of pyridine rings is 2. The molecule has 0 N–H and O–H groups in total.